The second-order valence-corrected chi connectivity index (χ2v) is 18.3. The van der Waals surface area contributed by atoms with Gasteiger partial charge in [-0.15, -0.1) is 0 Å². The van der Waals surface area contributed by atoms with E-state index in [1.165, 1.54) is 142 Å². The third-order valence-corrected chi connectivity index (χ3v) is 11.0. The lowest BCUT2D eigenvalue weighted by atomic mass is 9.82. The Hall–Kier alpha value is -1.95. The molecule has 2 atom stereocenters. The van der Waals surface area contributed by atoms with Crippen molar-refractivity contribution < 1.29 is 23.9 Å². The molecule has 0 fully saturated rings. The molecule has 0 N–H and O–H groups in total. The fourth-order valence-corrected chi connectivity index (χ4v) is 8.20. The predicted octanol–water partition coefficient (Wildman–Crippen LogP) is 15.5. The molecule has 0 spiro atoms. The van der Waals surface area contributed by atoms with Crippen LogP contribution in [0.25, 0.3) is 0 Å². The van der Waals surface area contributed by atoms with Crippen molar-refractivity contribution in [2.75, 3.05) is 27.7 Å². The first-order valence-electron chi connectivity index (χ1n) is 24.7. The molecule has 0 aliphatic heterocycles. The van der Waals surface area contributed by atoms with Crippen molar-refractivity contribution in [1.29, 1.82) is 0 Å². The molecule has 0 aromatic heterocycles. The van der Waals surface area contributed by atoms with Gasteiger partial charge in [-0.2, -0.15) is 0 Å². The number of nitrogens with zero attached hydrogens (tertiary/aromatic N) is 1. The number of methoxy groups -OCH3 is 1. The Labute approximate surface area is 361 Å². The highest BCUT2D eigenvalue weighted by atomic mass is 16.5. The lowest BCUT2D eigenvalue weighted by Crippen LogP contribution is -2.31. The maximum Gasteiger partial charge on any atom is 0.306 e. The van der Waals surface area contributed by atoms with Gasteiger partial charge >= 0.3 is 11.9 Å². The van der Waals surface area contributed by atoms with Crippen molar-refractivity contribution in [1.82, 2.24) is 4.90 Å². The summed E-state index contributed by atoms with van der Waals surface area (Å²) >= 11 is 0. The van der Waals surface area contributed by atoms with Gasteiger partial charge in [-0.25, -0.2) is 0 Å². The zero-order valence-electron chi connectivity index (χ0n) is 40.3. The topological polar surface area (TPSA) is 72.9 Å². The number of ketones is 1. The molecular formula is C52H99NO5. The first-order chi connectivity index (χ1) is 27.9. The molecule has 0 aliphatic carbocycles. The summed E-state index contributed by atoms with van der Waals surface area (Å²) in [6.45, 7) is 13.5. The third kappa shape index (κ3) is 45.1. The summed E-state index contributed by atoms with van der Waals surface area (Å²) in [6.07, 6.45) is 46.0. The van der Waals surface area contributed by atoms with Gasteiger partial charge in [0, 0.05) is 25.8 Å². The minimum absolute atomic E-state index is 0.00423. The van der Waals surface area contributed by atoms with Crippen LogP contribution in [-0.2, 0) is 23.9 Å². The van der Waals surface area contributed by atoms with E-state index in [2.05, 4.69) is 64.1 Å². The van der Waals surface area contributed by atoms with Crippen molar-refractivity contribution in [2.45, 2.75) is 253 Å². The summed E-state index contributed by atoms with van der Waals surface area (Å²) in [4.78, 5) is 37.5. The van der Waals surface area contributed by atoms with E-state index in [-0.39, 0.29) is 23.5 Å². The number of carbonyl (C=O) groups is 3. The normalized spacial score (nSPS) is 12.9. The number of hydrogen-bond acceptors (Lipinski definition) is 6. The fraction of sp³-hybridized carbons (Fsp3) is 0.865. The fourth-order valence-electron chi connectivity index (χ4n) is 8.20. The van der Waals surface area contributed by atoms with Crippen LogP contribution in [-0.4, -0.2) is 56.5 Å². The van der Waals surface area contributed by atoms with E-state index in [1.54, 1.807) is 6.92 Å². The zero-order valence-corrected chi connectivity index (χ0v) is 40.3. The van der Waals surface area contributed by atoms with Gasteiger partial charge in [0.2, 0.25) is 0 Å². The van der Waals surface area contributed by atoms with Gasteiger partial charge in [0.15, 0.2) is 0 Å². The summed E-state index contributed by atoms with van der Waals surface area (Å²) in [7, 11) is 5.71. The molecule has 0 aromatic carbocycles. The summed E-state index contributed by atoms with van der Waals surface area (Å²) in [5.41, 5.74) is 0.183. The zero-order chi connectivity index (χ0) is 43.5. The van der Waals surface area contributed by atoms with Crippen molar-refractivity contribution in [3.63, 3.8) is 0 Å². The van der Waals surface area contributed by atoms with Crippen molar-refractivity contribution in [3.8, 4) is 0 Å². The smallest absolute Gasteiger partial charge is 0.306 e. The second kappa shape index (κ2) is 43.1. The van der Waals surface area contributed by atoms with Gasteiger partial charge in [-0.05, 0) is 129 Å². The average Bonchev–Trinajstić information content (AvgIpc) is 3.16. The number of allylic oxidation sites excluding steroid dienone is 4. The van der Waals surface area contributed by atoms with E-state index in [1.807, 2.05) is 13.8 Å². The van der Waals surface area contributed by atoms with Crippen LogP contribution in [0.5, 0.6) is 0 Å². The monoisotopic (exact) mass is 818 g/mol. The summed E-state index contributed by atoms with van der Waals surface area (Å²) in [5, 5.41) is 0. The molecule has 58 heavy (non-hydrogen) atoms. The highest BCUT2D eigenvalue weighted by molar-refractivity contribution is 5.75. The molecule has 0 rings (SSSR count). The van der Waals surface area contributed by atoms with E-state index in [0.29, 0.717) is 24.5 Å². The molecule has 6 nitrogen and oxygen atoms in total. The van der Waals surface area contributed by atoms with Gasteiger partial charge in [0.25, 0.3) is 0 Å². The largest absolute Gasteiger partial charge is 0.469 e. The van der Waals surface area contributed by atoms with Crippen LogP contribution >= 0.6 is 0 Å². The molecule has 2 unspecified atom stereocenters. The molecule has 0 aliphatic rings. The number of ether oxygens (including phenoxy) is 2. The molecule has 342 valence electrons. The Morgan fingerprint density at radius 1 is 0.552 bits per heavy atom. The number of rotatable bonds is 41. The number of hydrogen-bond donors (Lipinski definition) is 0. The molecule has 0 aromatic rings. The first kappa shape index (κ1) is 58.1. The van der Waals surface area contributed by atoms with Crippen LogP contribution in [0.3, 0.4) is 0 Å². The molecule has 0 saturated carbocycles. The Kier molecular flexibility index (Phi) is 43.3. The van der Waals surface area contributed by atoms with Crippen molar-refractivity contribution >= 4 is 17.7 Å². The Balaban J connectivity index is 0. The molecule has 0 radical (unpaired) electrons. The minimum atomic E-state index is -0.0913. The average molecular weight is 818 g/mol. The van der Waals surface area contributed by atoms with Crippen LogP contribution in [0.4, 0.5) is 0 Å². The quantitative estimate of drug-likeness (QED) is 0.0348. The lowest BCUT2D eigenvalue weighted by Gasteiger charge is -2.31. The van der Waals surface area contributed by atoms with E-state index in [9.17, 15) is 14.4 Å². The highest BCUT2D eigenvalue weighted by Crippen LogP contribution is 2.28. The van der Waals surface area contributed by atoms with Crippen LogP contribution in [0.1, 0.15) is 247 Å². The first-order valence-corrected chi connectivity index (χ1v) is 24.7. The minimum Gasteiger partial charge on any atom is -0.469 e. The summed E-state index contributed by atoms with van der Waals surface area (Å²) in [5.74, 6) is 0.559. The maximum absolute atomic E-state index is 13.1. The second-order valence-electron chi connectivity index (χ2n) is 18.3. The highest BCUT2D eigenvalue weighted by Gasteiger charge is 2.24. The van der Waals surface area contributed by atoms with Crippen LogP contribution in [0.15, 0.2) is 24.3 Å². The van der Waals surface area contributed by atoms with Gasteiger partial charge in [0.05, 0.1) is 7.11 Å². The Bertz CT molecular complexity index is 986. The van der Waals surface area contributed by atoms with Crippen LogP contribution < -0.4 is 0 Å². The Morgan fingerprint density at radius 3 is 1.29 bits per heavy atom. The third-order valence-electron chi connectivity index (χ3n) is 11.0. The van der Waals surface area contributed by atoms with Gasteiger partial charge in [-0.1, -0.05) is 149 Å². The van der Waals surface area contributed by atoms with E-state index in [0.717, 1.165) is 64.3 Å². The van der Waals surface area contributed by atoms with E-state index in [4.69, 9.17) is 9.47 Å². The molecule has 6 heteroatoms. The molecule has 0 amide bonds. The summed E-state index contributed by atoms with van der Waals surface area (Å²) in [6, 6.07) is 0. The van der Waals surface area contributed by atoms with E-state index >= 15 is 0 Å². The number of unbranched alkanes of at least 4 members (excludes halogenated alkanes) is 22. The number of carbonyl (C=O) groups excluding carboxylic acids is 3. The van der Waals surface area contributed by atoms with Gasteiger partial charge in [0.1, 0.15) is 11.9 Å². The number of Topliss-reactive ketones (excluding diaryl/α,β-unsaturated/α-hetero) is 1. The summed E-state index contributed by atoms with van der Waals surface area (Å²) < 4.78 is 10.9. The molecule has 0 bridgehead atoms. The molecule has 0 saturated heterocycles. The number of esters is 2. The van der Waals surface area contributed by atoms with Crippen LogP contribution in [0.2, 0.25) is 0 Å². The molecule has 0 heterocycles. The molecular weight excluding hydrogens is 719 g/mol. The van der Waals surface area contributed by atoms with E-state index < -0.39 is 0 Å². The van der Waals surface area contributed by atoms with Crippen molar-refractivity contribution in [2.24, 2.45) is 11.3 Å². The predicted molar refractivity (Wildman–Crippen MR) is 251 cm³/mol. The SMILES string of the molecule is CC.COC(=O)CCCCCCC/C=C\CCCCCCCCC(CCCCCCCC/C=C\CCCCCCCC(C)=O)OC(=O)CC(C)CC(C)(C)CN(C)C. The standard InChI is InChI=1S/C50H93NO5.C2H6/c1-45(43-50(3,4)44-51(5)6)42-49(54)56-47(39-35-31-27-23-19-15-11-8-10-14-18-22-26-30-34-38-46(2)52)40-36-32-28-24-20-16-12-9-13-17-21-25-29-33-37-41-48(53)55-7;1-2/h8-10,13,45,47H,11-12,14-44H2,1-7H3;1-2H3/b10-8-,13-9-;. The van der Waals surface area contributed by atoms with Crippen molar-refractivity contribution in [3.05, 3.63) is 24.3 Å². The Morgan fingerprint density at radius 2 is 0.914 bits per heavy atom. The lowest BCUT2D eigenvalue weighted by molar-refractivity contribution is -0.151. The van der Waals surface area contributed by atoms with Gasteiger partial charge in [-0.3, -0.25) is 9.59 Å². The van der Waals surface area contributed by atoms with Gasteiger partial charge < -0.3 is 19.2 Å². The maximum atomic E-state index is 13.1. The van der Waals surface area contributed by atoms with Crippen LogP contribution in [0, 0.1) is 11.3 Å².